The number of pyridine rings is 1. The van der Waals surface area contributed by atoms with Crippen molar-refractivity contribution >= 4 is 21.7 Å². The van der Waals surface area contributed by atoms with Crippen molar-refractivity contribution < 1.29 is 26.5 Å². The summed E-state index contributed by atoms with van der Waals surface area (Å²) in [5.74, 6) is -0.599. The van der Waals surface area contributed by atoms with Crippen molar-refractivity contribution in [2.24, 2.45) is 5.92 Å². The average Bonchev–Trinajstić information content (AvgIpc) is 3.36. The lowest BCUT2D eigenvalue weighted by Crippen LogP contribution is -2.46. The standard InChI is InChI=1S/C19H23F2N5O4S/c1-31(28,29)15-3-2-12(11-22-15)10-13-4-9-26(18(13)27)14-5-7-25(8-6-14)19-23-17(16(20)21)30-24-19/h2-3,11,13-14,16H,4-10H2,1H3/t13-/m1/s1. The molecule has 0 bridgehead atoms. The Kier molecular flexibility index (Phi) is 5.91. The highest BCUT2D eigenvalue weighted by Gasteiger charge is 2.37. The number of likely N-dealkylation sites (tertiary alicyclic amines) is 1. The number of aromatic nitrogens is 3. The van der Waals surface area contributed by atoms with Gasteiger partial charge in [0.05, 0.1) is 0 Å². The van der Waals surface area contributed by atoms with Crippen molar-refractivity contribution in [1.29, 1.82) is 0 Å². The zero-order valence-corrected chi connectivity index (χ0v) is 17.8. The zero-order chi connectivity index (χ0) is 22.2. The van der Waals surface area contributed by atoms with Gasteiger partial charge in [0.1, 0.15) is 0 Å². The molecule has 0 spiro atoms. The van der Waals surface area contributed by atoms with E-state index in [1.54, 1.807) is 11.0 Å². The highest BCUT2D eigenvalue weighted by molar-refractivity contribution is 7.90. The Morgan fingerprint density at radius 1 is 1.19 bits per heavy atom. The van der Waals surface area contributed by atoms with E-state index in [0.29, 0.717) is 38.9 Å². The van der Waals surface area contributed by atoms with Gasteiger partial charge in [0.25, 0.3) is 11.8 Å². The van der Waals surface area contributed by atoms with Crippen LogP contribution in [0.5, 0.6) is 0 Å². The number of nitrogens with zero attached hydrogens (tertiary/aromatic N) is 5. The Balaban J connectivity index is 1.32. The zero-order valence-electron chi connectivity index (χ0n) is 16.9. The monoisotopic (exact) mass is 455 g/mol. The Morgan fingerprint density at radius 3 is 2.52 bits per heavy atom. The number of anilines is 1. The number of hydrogen-bond acceptors (Lipinski definition) is 8. The van der Waals surface area contributed by atoms with Gasteiger partial charge in [-0.05, 0) is 42.5 Å². The summed E-state index contributed by atoms with van der Waals surface area (Å²) in [4.78, 5) is 24.3. The van der Waals surface area contributed by atoms with Crippen LogP contribution in [-0.2, 0) is 21.1 Å². The molecule has 0 aliphatic carbocycles. The Labute approximate surface area is 178 Å². The third-order valence-corrected chi connectivity index (χ3v) is 6.82. The van der Waals surface area contributed by atoms with Gasteiger partial charge in [0.15, 0.2) is 14.9 Å². The number of rotatable bonds is 6. The number of halogens is 2. The van der Waals surface area contributed by atoms with Gasteiger partial charge in [-0.25, -0.2) is 13.4 Å². The number of amides is 1. The van der Waals surface area contributed by atoms with E-state index in [9.17, 15) is 22.0 Å². The maximum Gasteiger partial charge on any atom is 0.316 e. The largest absolute Gasteiger partial charge is 0.339 e. The van der Waals surface area contributed by atoms with Crippen molar-refractivity contribution in [1.82, 2.24) is 20.0 Å². The molecule has 0 N–H and O–H groups in total. The van der Waals surface area contributed by atoms with Crippen molar-refractivity contribution in [3.63, 3.8) is 0 Å². The summed E-state index contributed by atoms with van der Waals surface area (Å²) in [6.07, 6.45) is 2.47. The first kappa shape index (κ1) is 21.6. The maximum absolute atomic E-state index is 12.9. The molecule has 9 nitrogen and oxygen atoms in total. The Morgan fingerprint density at radius 2 is 1.94 bits per heavy atom. The van der Waals surface area contributed by atoms with E-state index in [1.807, 2.05) is 4.90 Å². The molecule has 0 aromatic carbocycles. The number of carbonyl (C=O) groups is 1. The first-order valence-corrected chi connectivity index (χ1v) is 11.9. The van der Waals surface area contributed by atoms with Crippen molar-refractivity contribution in [2.75, 3.05) is 30.8 Å². The molecule has 168 valence electrons. The summed E-state index contributed by atoms with van der Waals surface area (Å²) >= 11 is 0. The molecular weight excluding hydrogens is 432 g/mol. The average molecular weight is 455 g/mol. The molecule has 2 fully saturated rings. The van der Waals surface area contributed by atoms with Crippen LogP contribution in [0.4, 0.5) is 14.7 Å². The fourth-order valence-electron chi connectivity index (χ4n) is 4.17. The van der Waals surface area contributed by atoms with Crippen LogP contribution in [0.25, 0.3) is 0 Å². The highest BCUT2D eigenvalue weighted by Crippen LogP contribution is 2.29. The van der Waals surface area contributed by atoms with E-state index >= 15 is 0 Å². The van der Waals surface area contributed by atoms with E-state index in [0.717, 1.165) is 18.2 Å². The maximum atomic E-state index is 12.9. The number of piperidine rings is 1. The van der Waals surface area contributed by atoms with E-state index in [1.165, 1.54) is 12.3 Å². The van der Waals surface area contributed by atoms with Gasteiger partial charge in [-0.1, -0.05) is 6.07 Å². The number of hydrogen-bond donors (Lipinski definition) is 0. The van der Waals surface area contributed by atoms with Crippen LogP contribution < -0.4 is 4.90 Å². The Bertz CT molecular complexity index is 1040. The second kappa shape index (κ2) is 8.48. The van der Waals surface area contributed by atoms with E-state index in [2.05, 4.69) is 19.6 Å². The SMILES string of the molecule is CS(=O)(=O)c1ccc(C[C@H]2CCN(C3CCN(c4noc(C(F)F)n4)CC3)C2=O)cn1. The van der Waals surface area contributed by atoms with E-state index in [4.69, 9.17) is 0 Å². The number of carbonyl (C=O) groups excluding carboxylic acids is 1. The molecule has 0 radical (unpaired) electrons. The molecule has 1 atom stereocenters. The molecule has 2 aliphatic rings. The molecule has 4 rings (SSSR count). The summed E-state index contributed by atoms with van der Waals surface area (Å²) in [7, 11) is -3.35. The second-order valence-electron chi connectivity index (χ2n) is 7.95. The minimum absolute atomic E-state index is 0.0182. The normalized spacial score (nSPS) is 20.8. The molecule has 2 saturated heterocycles. The molecule has 31 heavy (non-hydrogen) atoms. The lowest BCUT2D eigenvalue weighted by atomic mass is 9.99. The third-order valence-electron chi connectivity index (χ3n) is 5.82. The minimum Gasteiger partial charge on any atom is -0.339 e. The van der Waals surface area contributed by atoms with Crippen LogP contribution in [-0.4, -0.2) is 66.3 Å². The molecule has 2 aliphatic heterocycles. The predicted molar refractivity (Wildman–Crippen MR) is 105 cm³/mol. The summed E-state index contributed by atoms with van der Waals surface area (Å²) in [5.41, 5.74) is 0.828. The fourth-order valence-corrected chi connectivity index (χ4v) is 4.73. The van der Waals surface area contributed by atoms with Gasteiger partial charge in [0.2, 0.25) is 5.91 Å². The molecule has 12 heteroatoms. The molecular formula is C19H23F2N5O4S. The van der Waals surface area contributed by atoms with Gasteiger partial charge in [-0.2, -0.15) is 13.8 Å². The Hall–Kier alpha value is -2.63. The molecule has 1 amide bonds. The predicted octanol–water partition coefficient (Wildman–Crippen LogP) is 1.87. The first-order valence-electron chi connectivity index (χ1n) is 10.0. The molecule has 0 saturated carbocycles. The van der Waals surface area contributed by atoms with Crippen LogP contribution >= 0.6 is 0 Å². The number of alkyl halides is 2. The number of sulfone groups is 1. The quantitative estimate of drug-likeness (QED) is 0.649. The lowest BCUT2D eigenvalue weighted by molar-refractivity contribution is -0.133. The minimum atomic E-state index is -3.35. The van der Waals surface area contributed by atoms with E-state index < -0.39 is 22.2 Å². The van der Waals surface area contributed by atoms with Crippen LogP contribution in [0.15, 0.2) is 27.9 Å². The van der Waals surface area contributed by atoms with Gasteiger partial charge in [-0.3, -0.25) is 4.79 Å². The van der Waals surface area contributed by atoms with E-state index in [-0.39, 0.29) is 28.8 Å². The van der Waals surface area contributed by atoms with Gasteiger partial charge < -0.3 is 14.3 Å². The van der Waals surface area contributed by atoms with Crippen molar-refractivity contribution in [2.45, 2.75) is 43.2 Å². The van der Waals surface area contributed by atoms with Crippen LogP contribution in [0.1, 0.15) is 37.1 Å². The van der Waals surface area contributed by atoms with Crippen LogP contribution in [0, 0.1) is 5.92 Å². The summed E-state index contributed by atoms with van der Waals surface area (Å²) in [6.45, 7) is 1.77. The molecule has 4 heterocycles. The highest BCUT2D eigenvalue weighted by atomic mass is 32.2. The van der Waals surface area contributed by atoms with Crippen molar-refractivity contribution in [3.05, 3.63) is 29.8 Å². The van der Waals surface area contributed by atoms with Crippen molar-refractivity contribution in [3.8, 4) is 0 Å². The molecule has 2 aromatic heterocycles. The third kappa shape index (κ3) is 4.68. The van der Waals surface area contributed by atoms with Gasteiger partial charge in [0, 0.05) is 44.0 Å². The van der Waals surface area contributed by atoms with Crippen LogP contribution in [0.2, 0.25) is 0 Å². The second-order valence-corrected chi connectivity index (χ2v) is 9.91. The lowest BCUT2D eigenvalue weighted by Gasteiger charge is -2.36. The fraction of sp³-hybridized carbons (Fsp3) is 0.579. The van der Waals surface area contributed by atoms with Gasteiger partial charge >= 0.3 is 6.43 Å². The topological polar surface area (TPSA) is 110 Å². The van der Waals surface area contributed by atoms with Crippen LogP contribution in [0.3, 0.4) is 0 Å². The summed E-state index contributed by atoms with van der Waals surface area (Å²) in [5, 5.41) is 3.63. The summed E-state index contributed by atoms with van der Waals surface area (Å²) in [6, 6.07) is 3.26. The molecule has 2 aromatic rings. The smallest absolute Gasteiger partial charge is 0.316 e. The molecule has 0 unspecified atom stereocenters. The van der Waals surface area contributed by atoms with Gasteiger partial charge in [-0.15, -0.1) is 0 Å². The summed E-state index contributed by atoms with van der Waals surface area (Å²) < 4.78 is 52.9. The first-order chi connectivity index (χ1) is 14.7.